The summed E-state index contributed by atoms with van der Waals surface area (Å²) in [5.74, 6) is 0.782. The van der Waals surface area contributed by atoms with Gasteiger partial charge in [0, 0.05) is 19.0 Å². The first-order chi connectivity index (χ1) is 7.66. The summed E-state index contributed by atoms with van der Waals surface area (Å²) in [5, 5.41) is 16.2. The minimum atomic E-state index is -0.222. The van der Waals surface area contributed by atoms with Crippen LogP contribution in [0.15, 0.2) is 12.3 Å². The highest BCUT2D eigenvalue weighted by Crippen LogP contribution is 2.25. The molecule has 0 radical (unpaired) electrons. The molecule has 5 nitrogen and oxygen atoms in total. The van der Waals surface area contributed by atoms with Crippen LogP contribution < -0.4 is 5.32 Å². The zero-order valence-corrected chi connectivity index (χ0v) is 9.39. The van der Waals surface area contributed by atoms with Crippen LogP contribution in [-0.4, -0.2) is 26.9 Å². The second-order valence-electron chi connectivity index (χ2n) is 4.33. The number of aliphatic hydroxyl groups excluding tert-OH is 1. The van der Waals surface area contributed by atoms with Crippen molar-refractivity contribution in [3.05, 3.63) is 12.3 Å². The molecule has 1 heterocycles. The van der Waals surface area contributed by atoms with Gasteiger partial charge in [0.15, 0.2) is 0 Å². The van der Waals surface area contributed by atoms with Crippen molar-refractivity contribution in [3.63, 3.8) is 0 Å². The fraction of sp³-hybridized carbons (Fsp3) is 0.636. The summed E-state index contributed by atoms with van der Waals surface area (Å²) < 4.78 is 1.63. The van der Waals surface area contributed by atoms with Gasteiger partial charge in [-0.25, -0.2) is 0 Å². The van der Waals surface area contributed by atoms with E-state index in [9.17, 15) is 9.90 Å². The third-order valence-corrected chi connectivity index (χ3v) is 3.14. The summed E-state index contributed by atoms with van der Waals surface area (Å²) in [6.45, 7) is 0. The van der Waals surface area contributed by atoms with E-state index in [4.69, 9.17) is 0 Å². The molecule has 0 aliphatic heterocycles. The van der Waals surface area contributed by atoms with Crippen molar-refractivity contribution >= 4 is 11.7 Å². The molecule has 0 bridgehead atoms. The molecule has 88 valence electrons. The number of aryl methyl sites for hydroxylation is 1. The van der Waals surface area contributed by atoms with Gasteiger partial charge in [-0.15, -0.1) is 0 Å². The van der Waals surface area contributed by atoms with Crippen molar-refractivity contribution < 1.29 is 9.90 Å². The van der Waals surface area contributed by atoms with Gasteiger partial charge in [-0.2, -0.15) is 5.10 Å². The van der Waals surface area contributed by atoms with E-state index in [1.807, 2.05) is 0 Å². The SMILES string of the molecule is Cn1nccc1NC(=O)C1CCC(O)CC1. The summed E-state index contributed by atoms with van der Waals surface area (Å²) in [6.07, 6.45) is 4.42. The van der Waals surface area contributed by atoms with Crippen LogP contribution in [0.1, 0.15) is 25.7 Å². The van der Waals surface area contributed by atoms with E-state index >= 15 is 0 Å². The van der Waals surface area contributed by atoms with E-state index in [1.165, 1.54) is 0 Å². The molecule has 1 amide bonds. The maximum absolute atomic E-state index is 11.9. The highest BCUT2D eigenvalue weighted by molar-refractivity contribution is 5.91. The molecule has 1 fully saturated rings. The Labute approximate surface area is 94.5 Å². The van der Waals surface area contributed by atoms with Gasteiger partial charge in [0.05, 0.1) is 12.3 Å². The summed E-state index contributed by atoms with van der Waals surface area (Å²) in [5.41, 5.74) is 0. The van der Waals surface area contributed by atoms with Crippen molar-refractivity contribution in [2.75, 3.05) is 5.32 Å². The standard InChI is InChI=1S/C11H17N3O2/c1-14-10(6-7-12-14)13-11(16)8-2-4-9(15)5-3-8/h6-9,15H,2-5H2,1H3,(H,13,16). The topological polar surface area (TPSA) is 67.2 Å². The van der Waals surface area contributed by atoms with Crippen LogP contribution in [0, 0.1) is 5.92 Å². The monoisotopic (exact) mass is 223 g/mol. The zero-order valence-electron chi connectivity index (χ0n) is 9.39. The maximum atomic E-state index is 11.9. The molecule has 1 saturated carbocycles. The Hall–Kier alpha value is -1.36. The van der Waals surface area contributed by atoms with Crippen LogP contribution >= 0.6 is 0 Å². The average molecular weight is 223 g/mol. The smallest absolute Gasteiger partial charge is 0.228 e. The molecule has 0 unspecified atom stereocenters. The Morgan fingerprint density at radius 2 is 2.19 bits per heavy atom. The second kappa shape index (κ2) is 4.65. The van der Waals surface area contributed by atoms with Crippen molar-refractivity contribution in [1.29, 1.82) is 0 Å². The molecule has 0 spiro atoms. The first kappa shape index (κ1) is 11.1. The molecule has 1 aliphatic carbocycles. The van der Waals surface area contributed by atoms with Gasteiger partial charge < -0.3 is 10.4 Å². The minimum absolute atomic E-state index is 0.0262. The number of amides is 1. The predicted molar refractivity (Wildman–Crippen MR) is 59.8 cm³/mol. The lowest BCUT2D eigenvalue weighted by Crippen LogP contribution is -2.29. The number of anilines is 1. The zero-order chi connectivity index (χ0) is 11.5. The molecular weight excluding hydrogens is 206 g/mol. The van der Waals surface area contributed by atoms with Crippen LogP contribution in [0.3, 0.4) is 0 Å². The molecule has 1 aromatic rings. The number of carbonyl (C=O) groups is 1. The Kier molecular flexibility index (Phi) is 3.24. The average Bonchev–Trinajstić information content (AvgIpc) is 2.65. The lowest BCUT2D eigenvalue weighted by Gasteiger charge is -2.24. The number of aromatic nitrogens is 2. The molecule has 1 aliphatic rings. The molecule has 0 atom stereocenters. The van der Waals surface area contributed by atoms with Crippen LogP contribution in [0.2, 0.25) is 0 Å². The predicted octanol–water partition coefficient (Wildman–Crippen LogP) is 0.910. The second-order valence-corrected chi connectivity index (χ2v) is 4.33. The van der Waals surface area contributed by atoms with E-state index in [0.29, 0.717) is 0 Å². The van der Waals surface area contributed by atoms with Gasteiger partial charge in [0.1, 0.15) is 5.82 Å². The largest absolute Gasteiger partial charge is 0.393 e. The van der Waals surface area contributed by atoms with Crippen molar-refractivity contribution in [2.45, 2.75) is 31.8 Å². The molecule has 2 N–H and O–H groups in total. The first-order valence-corrected chi connectivity index (χ1v) is 5.64. The van der Waals surface area contributed by atoms with Gasteiger partial charge in [-0.3, -0.25) is 9.48 Å². The van der Waals surface area contributed by atoms with Crippen LogP contribution in [-0.2, 0) is 11.8 Å². The molecule has 2 rings (SSSR count). The number of aliphatic hydroxyl groups is 1. The van der Waals surface area contributed by atoms with Crippen LogP contribution in [0.4, 0.5) is 5.82 Å². The molecule has 1 aromatic heterocycles. The van der Waals surface area contributed by atoms with Crippen molar-refractivity contribution in [3.8, 4) is 0 Å². The van der Waals surface area contributed by atoms with E-state index < -0.39 is 0 Å². The van der Waals surface area contributed by atoms with Crippen molar-refractivity contribution in [1.82, 2.24) is 9.78 Å². The van der Waals surface area contributed by atoms with Crippen LogP contribution in [0.25, 0.3) is 0 Å². The van der Waals surface area contributed by atoms with E-state index in [0.717, 1.165) is 31.5 Å². The quantitative estimate of drug-likeness (QED) is 0.783. The van der Waals surface area contributed by atoms with E-state index in [-0.39, 0.29) is 17.9 Å². The Bertz CT molecular complexity index is 367. The van der Waals surface area contributed by atoms with Gasteiger partial charge >= 0.3 is 0 Å². The third-order valence-electron chi connectivity index (χ3n) is 3.14. The third kappa shape index (κ3) is 2.41. The van der Waals surface area contributed by atoms with Gasteiger partial charge in [0.25, 0.3) is 0 Å². The molecule has 16 heavy (non-hydrogen) atoms. The Balaban J connectivity index is 1.91. The minimum Gasteiger partial charge on any atom is -0.393 e. The van der Waals surface area contributed by atoms with Gasteiger partial charge in [-0.1, -0.05) is 0 Å². The number of carbonyl (C=O) groups excluding carboxylic acids is 1. The first-order valence-electron chi connectivity index (χ1n) is 5.64. The summed E-state index contributed by atoms with van der Waals surface area (Å²) in [4.78, 5) is 11.9. The highest BCUT2D eigenvalue weighted by Gasteiger charge is 2.25. The normalized spacial score (nSPS) is 25.4. The number of hydrogen-bond acceptors (Lipinski definition) is 3. The Morgan fingerprint density at radius 3 is 2.75 bits per heavy atom. The maximum Gasteiger partial charge on any atom is 0.228 e. The van der Waals surface area contributed by atoms with Crippen molar-refractivity contribution in [2.24, 2.45) is 13.0 Å². The molecule has 0 aromatic carbocycles. The van der Waals surface area contributed by atoms with Crippen LogP contribution in [0.5, 0.6) is 0 Å². The Morgan fingerprint density at radius 1 is 1.50 bits per heavy atom. The molecule has 0 saturated heterocycles. The summed E-state index contributed by atoms with van der Waals surface area (Å²) in [7, 11) is 1.79. The van der Waals surface area contributed by atoms with E-state index in [1.54, 1.807) is 24.0 Å². The lowest BCUT2D eigenvalue weighted by molar-refractivity contribution is -0.121. The van der Waals surface area contributed by atoms with E-state index in [2.05, 4.69) is 10.4 Å². The number of nitrogens with zero attached hydrogens (tertiary/aromatic N) is 2. The molecule has 5 heteroatoms. The number of nitrogens with one attached hydrogen (secondary N) is 1. The fourth-order valence-corrected chi connectivity index (χ4v) is 2.06. The molecular formula is C11H17N3O2. The number of rotatable bonds is 2. The van der Waals surface area contributed by atoms with Gasteiger partial charge in [-0.05, 0) is 25.7 Å². The number of hydrogen-bond donors (Lipinski definition) is 2. The fourth-order valence-electron chi connectivity index (χ4n) is 2.06. The summed E-state index contributed by atoms with van der Waals surface area (Å²) >= 11 is 0. The lowest BCUT2D eigenvalue weighted by atomic mass is 9.87. The highest BCUT2D eigenvalue weighted by atomic mass is 16.3. The summed E-state index contributed by atoms with van der Waals surface area (Å²) in [6, 6.07) is 1.77. The van der Waals surface area contributed by atoms with Gasteiger partial charge in [0.2, 0.25) is 5.91 Å².